The van der Waals surface area contributed by atoms with E-state index in [1.165, 1.54) is 12.1 Å². The van der Waals surface area contributed by atoms with Gasteiger partial charge in [0.1, 0.15) is 5.82 Å². The number of likely N-dealkylation sites (tertiary alicyclic amines) is 1. The highest BCUT2D eigenvalue weighted by Crippen LogP contribution is 2.28. The average Bonchev–Trinajstić information content (AvgIpc) is 3.39. The molecule has 1 aromatic carbocycles. The quantitative estimate of drug-likeness (QED) is 0.692. The number of nitrogens with zero attached hydrogens (tertiary/aromatic N) is 4. The molecule has 1 saturated heterocycles. The van der Waals surface area contributed by atoms with Crippen LogP contribution in [-0.2, 0) is 0 Å². The first kappa shape index (κ1) is 19.1. The number of aliphatic hydroxyl groups excluding tert-OH is 1. The molecule has 2 unspecified atom stereocenters. The lowest BCUT2D eigenvalue weighted by Gasteiger charge is -2.26. The van der Waals surface area contributed by atoms with Crippen LogP contribution in [0.2, 0.25) is 0 Å². The maximum absolute atomic E-state index is 13.1. The number of urea groups is 1. The molecular weight excluding hydrogens is 373 g/mol. The molecule has 1 aliphatic heterocycles. The van der Waals surface area contributed by atoms with Gasteiger partial charge in [0.25, 0.3) is 0 Å². The number of rotatable bonds is 5. The second kappa shape index (κ2) is 8.40. The fraction of sp³-hybridized carbons (Fsp3) is 0.286. The smallest absolute Gasteiger partial charge is 0.322 e. The van der Waals surface area contributed by atoms with Crippen molar-refractivity contribution >= 4 is 11.7 Å². The average molecular weight is 395 g/mol. The summed E-state index contributed by atoms with van der Waals surface area (Å²) in [5.41, 5.74) is 1.22. The van der Waals surface area contributed by atoms with Gasteiger partial charge in [0.2, 0.25) is 0 Å². The van der Waals surface area contributed by atoms with E-state index < -0.39 is 6.10 Å². The molecule has 29 heavy (non-hydrogen) atoms. The van der Waals surface area contributed by atoms with Gasteiger partial charge in [-0.05, 0) is 49.1 Å². The van der Waals surface area contributed by atoms with Crippen molar-refractivity contribution in [2.45, 2.75) is 31.4 Å². The topological polar surface area (TPSA) is 83.3 Å². The Bertz CT molecular complexity index is 961. The minimum absolute atomic E-state index is 0.0825. The van der Waals surface area contributed by atoms with Crippen molar-refractivity contribution in [1.82, 2.24) is 19.7 Å². The van der Waals surface area contributed by atoms with Crippen LogP contribution >= 0.6 is 0 Å². The molecule has 0 radical (unpaired) electrons. The van der Waals surface area contributed by atoms with E-state index in [9.17, 15) is 14.3 Å². The van der Waals surface area contributed by atoms with Gasteiger partial charge in [0.15, 0.2) is 5.82 Å². The van der Waals surface area contributed by atoms with Crippen molar-refractivity contribution in [3.63, 3.8) is 0 Å². The van der Waals surface area contributed by atoms with Gasteiger partial charge >= 0.3 is 6.03 Å². The molecular formula is C21H22FN5O2. The predicted octanol–water partition coefficient (Wildman–Crippen LogP) is 3.53. The summed E-state index contributed by atoms with van der Waals surface area (Å²) in [6.07, 6.45) is 6.31. The van der Waals surface area contributed by atoms with E-state index in [4.69, 9.17) is 0 Å². The second-order valence-electron chi connectivity index (χ2n) is 7.08. The highest BCUT2D eigenvalue weighted by molar-refractivity contribution is 5.89. The Morgan fingerprint density at radius 2 is 2.10 bits per heavy atom. The van der Waals surface area contributed by atoms with E-state index in [-0.39, 0.29) is 17.9 Å². The predicted molar refractivity (Wildman–Crippen MR) is 106 cm³/mol. The summed E-state index contributed by atoms with van der Waals surface area (Å²) in [5, 5.41) is 17.6. The Hall–Kier alpha value is -3.26. The molecule has 3 heterocycles. The molecule has 1 fully saturated rings. The Morgan fingerprint density at radius 1 is 1.28 bits per heavy atom. The molecule has 8 heteroatoms. The summed E-state index contributed by atoms with van der Waals surface area (Å²) in [6, 6.07) is 11.0. The number of hydrogen-bond donors (Lipinski definition) is 2. The molecule has 7 nitrogen and oxygen atoms in total. The van der Waals surface area contributed by atoms with Gasteiger partial charge in [0.05, 0.1) is 24.2 Å². The number of anilines is 1. The van der Waals surface area contributed by atoms with Crippen LogP contribution in [0.25, 0.3) is 5.82 Å². The summed E-state index contributed by atoms with van der Waals surface area (Å²) in [5.74, 6) is 0.323. The van der Waals surface area contributed by atoms with E-state index in [1.54, 1.807) is 40.3 Å². The Morgan fingerprint density at radius 3 is 2.86 bits per heavy atom. The van der Waals surface area contributed by atoms with Gasteiger partial charge in [-0.15, -0.1) is 0 Å². The molecule has 150 valence electrons. The fourth-order valence-electron chi connectivity index (χ4n) is 3.62. The standard InChI is InChI=1S/C21H22FN5O2/c22-16-8-6-15(7-9-16)19(28)12-18-4-3-11-26(18)21(29)25-17-13-24-27(14-17)20-5-1-2-10-23-20/h1-2,5-10,13-14,18-19,28H,3-4,11-12H2,(H,25,29). The number of carbonyl (C=O) groups excluding carboxylic acids is 1. The van der Waals surface area contributed by atoms with Crippen LogP contribution in [-0.4, -0.2) is 43.4 Å². The maximum Gasteiger partial charge on any atom is 0.322 e. The minimum Gasteiger partial charge on any atom is -0.388 e. The minimum atomic E-state index is -0.749. The molecule has 0 spiro atoms. The lowest BCUT2D eigenvalue weighted by atomic mass is 10.0. The number of hydrogen-bond acceptors (Lipinski definition) is 4. The number of benzene rings is 1. The van der Waals surface area contributed by atoms with Crippen LogP contribution in [0, 0.1) is 5.82 Å². The molecule has 0 bridgehead atoms. The Kier molecular flexibility index (Phi) is 5.53. The maximum atomic E-state index is 13.1. The molecule has 0 saturated carbocycles. The van der Waals surface area contributed by atoms with Gasteiger partial charge in [0, 0.05) is 18.8 Å². The number of aliphatic hydroxyl groups is 1. The molecule has 2 aromatic heterocycles. The van der Waals surface area contributed by atoms with Crippen LogP contribution in [0.1, 0.15) is 30.9 Å². The molecule has 2 N–H and O–H groups in total. The molecule has 1 aliphatic rings. The third-order valence-corrected chi connectivity index (χ3v) is 5.11. The van der Waals surface area contributed by atoms with Crippen LogP contribution in [0.5, 0.6) is 0 Å². The number of carbonyl (C=O) groups is 1. The number of amides is 2. The fourth-order valence-corrected chi connectivity index (χ4v) is 3.62. The zero-order chi connectivity index (χ0) is 20.2. The zero-order valence-electron chi connectivity index (χ0n) is 15.8. The summed E-state index contributed by atoms with van der Waals surface area (Å²) < 4.78 is 14.7. The molecule has 2 atom stereocenters. The van der Waals surface area contributed by atoms with Crippen molar-refractivity contribution < 1.29 is 14.3 Å². The number of nitrogens with one attached hydrogen (secondary N) is 1. The molecule has 2 amide bonds. The van der Waals surface area contributed by atoms with Gasteiger partial charge in [-0.25, -0.2) is 18.9 Å². The van der Waals surface area contributed by atoms with E-state index in [1.807, 2.05) is 18.2 Å². The van der Waals surface area contributed by atoms with Gasteiger partial charge in [-0.3, -0.25) is 0 Å². The van der Waals surface area contributed by atoms with Crippen molar-refractivity contribution in [1.29, 1.82) is 0 Å². The van der Waals surface area contributed by atoms with Crippen LogP contribution in [0.3, 0.4) is 0 Å². The first-order chi connectivity index (χ1) is 14.1. The highest BCUT2D eigenvalue weighted by Gasteiger charge is 2.31. The van der Waals surface area contributed by atoms with Crippen LogP contribution in [0.4, 0.5) is 14.9 Å². The lowest BCUT2D eigenvalue weighted by Crippen LogP contribution is -2.39. The summed E-state index contributed by atoms with van der Waals surface area (Å²) in [6.45, 7) is 0.626. The molecule has 0 aliphatic carbocycles. The number of pyridine rings is 1. The number of halogens is 1. The normalized spacial score (nSPS) is 17.3. The highest BCUT2D eigenvalue weighted by atomic mass is 19.1. The summed E-state index contributed by atoms with van der Waals surface area (Å²) in [7, 11) is 0. The summed E-state index contributed by atoms with van der Waals surface area (Å²) >= 11 is 0. The van der Waals surface area contributed by atoms with E-state index in [0.717, 1.165) is 12.8 Å². The summed E-state index contributed by atoms with van der Waals surface area (Å²) in [4.78, 5) is 18.7. The molecule has 4 rings (SSSR count). The first-order valence-electron chi connectivity index (χ1n) is 9.57. The Balaban J connectivity index is 1.39. The van der Waals surface area contributed by atoms with E-state index in [0.29, 0.717) is 30.0 Å². The third-order valence-electron chi connectivity index (χ3n) is 5.11. The van der Waals surface area contributed by atoms with Gasteiger partial charge in [-0.1, -0.05) is 18.2 Å². The SMILES string of the molecule is O=C(Nc1cnn(-c2ccccn2)c1)N1CCCC1CC(O)c1ccc(F)cc1. The lowest BCUT2D eigenvalue weighted by molar-refractivity contribution is 0.129. The second-order valence-corrected chi connectivity index (χ2v) is 7.08. The van der Waals surface area contributed by atoms with E-state index in [2.05, 4.69) is 15.4 Å². The van der Waals surface area contributed by atoms with Crippen molar-refractivity contribution in [3.05, 3.63) is 72.4 Å². The van der Waals surface area contributed by atoms with Crippen LogP contribution in [0.15, 0.2) is 61.1 Å². The van der Waals surface area contributed by atoms with E-state index >= 15 is 0 Å². The first-order valence-corrected chi connectivity index (χ1v) is 9.57. The Labute approximate surface area is 167 Å². The van der Waals surface area contributed by atoms with Crippen LogP contribution < -0.4 is 5.32 Å². The molecule has 3 aromatic rings. The van der Waals surface area contributed by atoms with Crippen molar-refractivity contribution in [2.24, 2.45) is 0 Å². The van der Waals surface area contributed by atoms with Gasteiger partial charge in [-0.2, -0.15) is 5.10 Å². The number of aromatic nitrogens is 3. The largest absolute Gasteiger partial charge is 0.388 e. The third kappa shape index (κ3) is 4.43. The monoisotopic (exact) mass is 395 g/mol. The van der Waals surface area contributed by atoms with Crippen molar-refractivity contribution in [2.75, 3.05) is 11.9 Å². The van der Waals surface area contributed by atoms with Gasteiger partial charge < -0.3 is 15.3 Å². The van der Waals surface area contributed by atoms with Crippen molar-refractivity contribution in [3.8, 4) is 5.82 Å². The zero-order valence-corrected chi connectivity index (χ0v) is 15.8.